The summed E-state index contributed by atoms with van der Waals surface area (Å²) < 4.78 is 0. The molecule has 0 amide bonds. The van der Waals surface area contributed by atoms with Crippen LogP contribution in [0, 0.1) is 18.3 Å². The first-order valence-electron chi connectivity index (χ1n) is 7.97. The average molecular weight is 274 g/mol. The highest BCUT2D eigenvalue weighted by molar-refractivity contribution is 5.21. The Morgan fingerprint density at radius 1 is 1.30 bits per heavy atom. The van der Waals surface area contributed by atoms with E-state index in [-0.39, 0.29) is 0 Å². The molecule has 0 aliphatic heterocycles. The Hall–Kier alpha value is -0.860. The number of nitrogens with two attached hydrogens (primary N) is 1. The monoisotopic (exact) mass is 274 g/mol. The Morgan fingerprint density at radius 2 is 2.00 bits per heavy atom. The lowest BCUT2D eigenvalue weighted by molar-refractivity contribution is 0.0981. The normalized spacial score (nSPS) is 26.9. The summed E-state index contributed by atoms with van der Waals surface area (Å²) >= 11 is 0. The predicted octanol–water partition coefficient (Wildman–Crippen LogP) is 3.58. The van der Waals surface area contributed by atoms with Gasteiger partial charge in [0.1, 0.15) is 0 Å². The molecule has 1 aliphatic rings. The van der Waals surface area contributed by atoms with E-state index in [0.29, 0.717) is 5.41 Å². The molecule has 1 aromatic carbocycles. The molecular weight excluding hydrogens is 244 g/mol. The van der Waals surface area contributed by atoms with Crippen LogP contribution in [0.15, 0.2) is 24.3 Å². The van der Waals surface area contributed by atoms with Gasteiger partial charge in [-0.25, -0.2) is 0 Å². The SMILES string of the molecule is Cc1ccc(CN(C)CC2(CN)CCCC(C)C2)cc1. The van der Waals surface area contributed by atoms with Gasteiger partial charge in [-0.1, -0.05) is 49.6 Å². The first-order chi connectivity index (χ1) is 9.53. The van der Waals surface area contributed by atoms with Gasteiger partial charge in [0.05, 0.1) is 0 Å². The van der Waals surface area contributed by atoms with E-state index in [2.05, 4.69) is 50.1 Å². The number of aryl methyl sites for hydroxylation is 1. The minimum Gasteiger partial charge on any atom is -0.330 e. The van der Waals surface area contributed by atoms with E-state index in [9.17, 15) is 0 Å². The van der Waals surface area contributed by atoms with Gasteiger partial charge in [0.2, 0.25) is 0 Å². The summed E-state index contributed by atoms with van der Waals surface area (Å²) in [4.78, 5) is 2.45. The van der Waals surface area contributed by atoms with E-state index in [0.717, 1.165) is 25.6 Å². The van der Waals surface area contributed by atoms with Gasteiger partial charge in [0.15, 0.2) is 0 Å². The van der Waals surface area contributed by atoms with Crippen molar-refractivity contribution in [2.24, 2.45) is 17.1 Å². The van der Waals surface area contributed by atoms with Gasteiger partial charge in [-0.05, 0) is 50.3 Å². The predicted molar refractivity (Wildman–Crippen MR) is 86.6 cm³/mol. The van der Waals surface area contributed by atoms with Crippen molar-refractivity contribution in [1.29, 1.82) is 0 Å². The molecule has 0 heterocycles. The summed E-state index contributed by atoms with van der Waals surface area (Å²) in [5, 5.41) is 0. The molecule has 2 heteroatoms. The maximum atomic E-state index is 6.14. The molecule has 0 aromatic heterocycles. The lowest BCUT2D eigenvalue weighted by Crippen LogP contribution is -2.44. The minimum absolute atomic E-state index is 0.344. The molecule has 0 spiro atoms. The second kappa shape index (κ2) is 6.73. The van der Waals surface area contributed by atoms with E-state index < -0.39 is 0 Å². The van der Waals surface area contributed by atoms with Gasteiger partial charge in [-0.15, -0.1) is 0 Å². The van der Waals surface area contributed by atoms with Crippen LogP contribution in [-0.2, 0) is 6.54 Å². The summed E-state index contributed by atoms with van der Waals surface area (Å²) in [6, 6.07) is 8.88. The lowest BCUT2D eigenvalue weighted by atomic mass is 9.70. The molecule has 2 atom stereocenters. The Labute approximate surface area is 124 Å². The van der Waals surface area contributed by atoms with E-state index >= 15 is 0 Å². The molecule has 112 valence electrons. The number of benzene rings is 1. The molecule has 1 saturated carbocycles. The van der Waals surface area contributed by atoms with Gasteiger partial charge >= 0.3 is 0 Å². The first-order valence-corrected chi connectivity index (χ1v) is 7.97. The highest BCUT2D eigenvalue weighted by atomic mass is 15.1. The van der Waals surface area contributed by atoms with Crippen LogP contribution in [0.25, 0.3) is 0 Å². The van der Waals surface area contributed by atoms with E-state index in [1.165, 1.54) is 36.8 Å². The molecule has 2 N–H and O–H groups in total. The van der Waals surface area contributed by atoms with Crippen molar-refractivity contribution < 1.29 is 0 Å². The fourth-order valence-electron chi connectivity index (χ4n) is 3.80. The van der Waals surface area contributed by atoms with Crippen molar-refractivity contribution in [1.82, 2.24) is 4.90 Å². The Bertz CT molecular complexity index is 412. The highest BCUT2D eigenvalue weighted by Gasteiger charge is 2.34. The second-order valence-electron chi connectivity index (χ2n) is 7.06. The van der Waals surface area contributed by atoms with Crippen molar-refractivity contribution in [3.63, 3.8) is 0 Å². The third-order valence-corrected chi connectivity index (χ3v) is 4.80. The van der Waals surface area contributed by atoms with Crippen molar-refractivity contribution in [2.75, 3.05) is 20.1 Å². The van der Waals surface area contributed by atoms with Crippen LogP contribution in [0.2, 0.25) is 0 Å². The first kappa shape index (κ1) is 15.5. The molecule has 0 saturated heterocycles. The molecule has 1 aliphatic carbocycles. The van der Waals surface area contributed by atoms with Crippen LogP contribution in [0.3, 0.4) is 0 Å². The number of hydrogen-bond acceptors (Lipinski definition) is 2. The van der Waals surface area contributed by atoms with E-state index in [1.54, 1.807) is 0 Å². The van der Waals surface area contributed by atoms with Crippen LogP contribution >= 0.6 is 0 Å². The number of rotatable bonds is 5. The van der Waals surface area contributed by atoms with Crippen molar-refractivity contribution in [3.8, 4) is 0 Å². The second-order valence-corrected chi connectivity index (χ2v) is 7.06. The van der Waals surface area contributed by atoms with Crippen molar-refractivity contribution in [2.45, 2.75) is 46.1 Å². The topological polar surface area (TPSA) is 29.3 Å². The van der Waals surface area contributed by atoms with Crippen molar-refractivity contribution in [3.05, 3.63) is 35.4 Å². The molecule has 20 heavy (non-hydrogen) atoms. The smallest absolute Gasteiger partial charge is 0.0230 e. The molecule has 1 fully saturated rings. The standard InChI is InChI=1S/C18H30N2/c1-15-6-8-17(9-7-15)12-20(3)14-18(13-19)10-4-5-16(2)11-18/h6-9,16H,4-5,10-14,19H2,1-3H3. The Balaban J connectivity index is 1.95. The Morgan fingerprint density at radius 3 is 2.60 bits per heavy atom. The summed E-state index contributed by atoms with van der Waals surface area (Å²) in [6.07, 6.45) is 5.31. The Kier molecular flexibility index (Phi) is 5.22. The van der Waals surface area contributed by atoms with E-state index in [4.69, 9.17) is 5.73 Å². The van der Waals surface area contributed by atoms with Gasteiger partial charge < -0.3 is 10.6 Å². The fourth-order valence-corrected chi connectivity index (χ4v) is 3.80. The minimum atomic E-state index is 0.344. The summed E-state index contributed by atoms with van der Waals surface area (Å²) in [6.45, 7) is 7.50. The molecule has 2 rings (SSSR count). The quantitative estimate of drug-likeness (QED) is 0.889. The van der Waals surface area contributed by atoms with Gasteiger partial charge in [-0.2, -0.15) is 0 Å². The van der Waals surface area contributed by atoms with Crippen LogP contribution < -0.4 is 5.73 Å². The molecule has 2 nitrogen and oxygen atoms in total. The number of hydrogen-bond donors (Lipinski definition) is 1. The van der Waals surface area contributed by atoms with Gasteiger partial charge in [0.25, 0.3) is 0 Å². The molecule has 0 radical (unpaired) electrons. The summed E-state index contributed by atoms with van der Waals surface area (Å²) in [7, 11) is 2.23. The summed E-state index contributed by atoms with van der Waals surface area (Å²) in [5.74, 6) is 0.833. The van der Waals surface area contributed by atoms with E-state index in [1.807, 2.05) is 0 Å². The third kappa shape index (κ3) is 4.07. The maximum absolute atomic E-state index is 6.14. The summed E-state index contributed by atoms with van der Waals surface area (Å²) in [5.41, 5.74) is 9.21. The van der Waals surface area contributed by atoms with Crippen LogP contribution in [0.1, 0.15) is 43.7 Å². The zero-order valence-electron chi connectivity index (χ0n) is 13.4. The van der Waals surface area contributed by atoms with Gasteiger partial charge in [-0.3, -0.25) is 0 Å². The molecule has 2 unspecified atom stereocenters. The average Bonchev–Trinajstić information content (AvgIpc) is 2.41. The number of nitrogens with zero attached hydrogens (tertiary/aromatic N) is 1. The lowest BCUT2D eigenvalue weighted by Gasteiger charge is -2.41. The van der Waals surface area contributed by atoms with Gasteiger partial charge in [0, 0.05) is 13.1 Å². The maximum Gasteiger partial charge on any atom is 0.0230 e. The highest BCUT2D eigenvalue weighted by Crippen LogP contribution is 2.39. The zero-order valence-corrected chi connectivity index (χ0v) is 13.4. The van der Waals surface area contributed by atoms with Crippen molar-refractivity contribution >= 4 is 0 Å². The van der Waals surface area contributed by atoms with Crippen LogP contribution in [-0.4, -0.2) is 25.0 Å². The molecular formula is C18H30N2. The zero-order chi connectivity index (χ0) is 14.6. The van der Waals surface area contributed by atoms with Crippen LogP contribution in [0.5, 0.6) is 0 Å². The largest absolute Gasteiger partial charge is 0.330 e. The molecule has 1 aromatic rings. The van der Waals surface area contributed by atoms with Crippen LogP contribution in [0.4, 0.5) is 0 Å². The fraction of sp³-hybridized carbons (Fsp3) is 0.667. The third-order valence-electron chi connectivity index (χ3n) is 4.80. The molecule has 0 bridgehead atoms.